The van der Waals surface area contributed by atoms with E-state index in [1.165, 1.54) is 17.0 Å². The lowest BCUT2D eigenvalue weighted by Gasteiger charge is -2.10. The zero-order valence-electron chi connectivity index (χ0n) is 13.3. The van der Waals surface area contributed by atoms with Crippen LogP contribution in [-0.2, 0) is 6.54 Å². The van der Waals surface area contributed by atoms with Gasteiger partial charge in [-0.1, -0.05) is 6.07 Å². The number of carbonyl (C=O) groups is 1. The summed E-state index contributed by atoms with van der Waals surface area (Å²) in [6, 6.07) is 8.44. The van der Waals surface area contributed by atoms with E-state index in [-0.39, 0.29) is 16.8 Å². The van der Waals surface area contributed by atoms with Crippen LogP contribution in [0.4, 0.5) is 0 Å². The summed E-state index contributed by atoms with van der Waals surface area (Å²) in [6.07, 6.45) is 3.51. The zero-order chi connectivity index (χ0) is 17.3. The van der Waals surface area contributed by atoms with Gasteiger partial charge in [-0.25, -0.2) is 4.98 Å². The van der Waals surface area contributed by atoms with Crippen LogP contribution in [0.3, 0.4) is 0 Å². The molecule has 3 rings (SSSR count). The minimum absolute atomic E-state index is 0.0418. The number of hydrogen-bond donors (Lipinski definition) is 0. The molecule has 1 aromatic carbocycles. The zero-order valence-corrected chi connectivity index (χ0v) is 14.1. The van der Waals surface area contributed by atoms with E-state index >= 15 is 0 Å². The second-order valence-electron chi connectivity index (χ2n) is 5.32. The van der Waals surface area contributed by atoms with Crippen molar-refractivity contribution in [2.24, 2.45) is 0 Å². The van der Waals surface area contributed by atoms with Gasteiger partial charge in [-0.05, 0) is 55.8 Å². The molecule has 0 unspecified atom stereocenters. The van der Waals surface area contributed by atoms with E-state index in [0.717, 1.165) is 4.88 Å². The molecule has 2 heterocycles. The van der Waals surface area contributed by atoms with Gasteiger partial charge in [0, 0.05) is 16.3 Å². The predicted molar refractivity (Wildman–Crippen MR) is 94.0 cm³/mol. The third-order valence-corrected chi connectivity index (χ3v) is 4.66. The molecule has 0 N–H and O–H groups in total. The molecule has 0 aliphatic carbocycles. The molecule has 0 atom stereocenters. The number of thiophene rings is 1. The third-order valence-electron chi connectivity index (χ3n) is 3.69. The maximum atomic E-state index is 12.6. The Morgan fingerprint density at radius 3 is 2.71 bits per heavy atom. The molecule has 0 spiro atoms. The fraction of sp³-hybridized carbons (Fsp3) is 0.167. The SMILES string of the molecule is CCn1c(=O)c(/C=C/c2ccc(C)s2)nc2cc(C(=O)[O-])ccc21. The molecule has 0 aliphatic heterocycles. The van der Waals surface area contributed by atoms with E-state index in [2.05, 4.69) is 4.98 Å². The minimum atomic E-state index is -1.26. The first-order chi connectivity index (χ1) is 11.5. The molecule has 0 saturated carbocycles. The van der Waals surface area contributed by atoms with E-state index in [4.69, 9.17) is 0 Å². The lowest BCUT2D eigenvalue weighted by Crippen LogP contribution is -2.25. The molecule has 6 heteroatoms. The van der Waals surface area contributed by atoms with Crippen molar-refractivity contribution >= 4 is 40.5 Å². The Bertz CT molecular complexity index is 1010. The molecule has 0 saturated heterocycles. The molecule has 0 radical (unpaired) electrons. The maximum absolute atomic E-state index is 12.6. The molecule has 0 aliphatic rings. The van der Waals surface area contributed by atoms with E-state index in [0.29, 0.717) is 17.6 Å². The second kappa shape index (κ2) is 6.41. The van der Waals surface area contributed by atoms with Crippen molar-refractivity contribution in [2.45, 2.75) is 20.4 Å². The van der Waals surface area contributed by atoms with Crippen molar-refractivity contribution in [3.63, 3.8) is 0 Å². The molecule has 0 amide bonds. The summed E-state index contributed by atoms with van der Waals surface area (Å²) in [7, 11) is 0. The highest BCUT2D eigenvalue weighted by Crippen LogP contribution is 2.18. The third kappa shape index (κ3) is 3.00. The normalized spacial score (nSPS) is 11.4. The van der Waals surface area contributed by atoms with Crippen LogP contribution in [0, 0.1) is 6.92 Å². The second-order valence-corrected chi connectivity index (χ2v) is 6.64. The Balaban J connectivity index is 2.16. The van der Waals surface area contributed by atoms with Crippen LogP contribution in [0.1, 0.15) is 32.7 Å². The summed E-state index contributed by atoms with van der Waals surface area (Å²) in [5.74, 6) is -1.26. The summed E-state index contributed by atoms with van der Waals surface area (Å²) in [6.45, 7) is 4.35. The number of carboxylic acids is 1. The Kier molecular flexibility index (Phi) is 4.31. The minimum Gasteiger partial charge on any atom is -0.545 e. The number of carbonyl (C=O) groups excluding carboxylic acids is 1. The molecule has 24 heavy (non-hydrogen) atoms. The van der Waals surface area contributed by atoms with Gasteiger partial charge in [0.1, 0.15) is 5.69 Å². The van der Waals surface area contributed by atoms with Gasteiger partial charge in [-0.2, -0.15) is 0 Å². The first kappa shape index (κ1) is 16.1. The highest BCUT2D eigenvalue weighted by molar-refractivity contribution is 7.12. The van der Waals surface area contributed by atoms with Gasteiger partial charge in [0.05, 0.1) is 17.0 Å². The number of fused-ring (bicyclic) bond motifs is 1. The average Bonchev–Trinajstić information content (AvgIpc) is 2.98. The van der Waals surface area contributed by atoms with E-state index in [9.17, 15) is 14.7 Å². The average molecular weight is 339 g/mol. The summed E-state index contributed by atoms with van der Waals surface area (Å²) < 4.78 is 1.58. The van der Waals surface area contributed by atoms with Crippen LogP contribution in [0.15, 0.2) is 35.1 Å². The summed E-state index contributed by atoms with van der Waals surface area (Å²) in [4.78, 5) is 30.2. The van der Waals surface area contributed by atoms with Crippen LogP contribution in [0.2, 0.25) is 0 Å². The number of benzene rings is 1. The Labute approximate surface area is 142 Å². The van der Waals surface area contributed by atoms with Gasteiger partial charge >= 0.3 is 0 Å². The Morgan fingerprint density at radius 2 is 2.08 bits per heavy atom. The van der Waals surface area contributed by atoms with Crippen molar-refractivity contribution in [1.82, 2.24) is 9.55 Å². The van der Waals surface area contributed by atoms with Crippen LogP contribution in [0.25, 0.3) is 23.2 Å². The number of nitrogens with zero attached hydrogens (tertiary/aromatic N) is 2. The van der Waals surface area contributed by atoms with Crippen LogP contribution < -0.4 is 10.7 Å². The molecule has 3 aromatic rings. The Hall–Kier alpha value is -2.73. The quantitative estimate of drug-likeness (QED) is 0.731. The fourth-order valence-corrected chi connectivity index (χ4v) is 3.30. The van der Waals surface area contributed by atoms with Crippen molar-refractivity contribution < 1.29 is 9.90 Å². The number of aromatic carboxylic acids is 1. The molecular weight excluding hydrogens is 324 g/mol. The summed E-state index contributed by atoms with van der Waals surface area (Å²) in [5.41, 5.74) is 1.19. The number of hydrogen-bond acceptors (Lipinski definition) is 5. The van der Waals surface area contributed by atoms with Crippen molar-refractivity contribution in [3.05, 3.63) is 61.7 Å². The van der Waals surface area contributed by atoms with E-state index < -0.39 is 5.97 Å². The summed E-state index contributed by atoms with van der Waals surface area (Å²) in [5, 5.41) is 11.0. The van der Waals surface area contributed by atoms with Gasteiger partial charge in [-0.15, -0.1) is 11.3 Å². The van der Waals surface area contributed by atoms with Crippen LogP contribution in [-0.4, -0.2) is 15.5 Å². The predicted octanol–water partition coefficient (Wildman–Crippen LogP) is 2.32. The molecule has 122 valence electrons. The number of aryl methyl sites for hydroxylation is 2. The van der Waals surface area contributed by atoms with Gasteiger partial charge in [0.25, 0.3) is 5.56 Å². The van der Waals surface area contributed by atoms with Crippen molar-refractivity contribution in [2.75, 3.05) is 0 Å². The molecular formula is C18H15N2O3S-. The van der Waals surface area contributed by atoms with Gasteiger partial charge in [-0.3, -0.25) is 4.79 Å². The van der Waals surface area contributed by atoms with Crippen molar-refractivity contribution in [3.8, 4) is 0 Å². The van der Waals surface area contributed by atoms with Gasteiger partial charge < -0.3 is 14.5 Å². The highest BCUT2D eigenvalue weighted by Gasteiger charge is 2.09. The summed E-state index contributed by atoms with van der Waals surface area (Å²) >= 11 is 1.62. The first-order valence-corrected chi connectivity index (χ1v) is 8.31. The van der Waals surface area contributed by atoms with E-state index in [1.54, 1.807) is 28.0 Å². The van der Waals surface area contributed by atoms with Gasteiger partial charge in [0.15, 0.2) is 0 Å². The highest BCUT2D eigenvalue weighted by atomic mass is 32.1. The number of rotatable bonds is 4. The van der Waals surface area contributed by atoms with E-state index in [1.807, 2.05) is 32.1 Å². The molecule has 0 bridgehead atoms. The van der Waals surface area contributed by atoms with Crippen molar-refractivity contribution in [1.29, 1.82) is 0 Å². The maximum Gasteiger partial charge on any atom is 0.276 e. The molecule has 2 aromatic heterocycles. The standard InChI is InChI=1S/C18H16N2O3S/c1-3-20-16-9-5-12(18(22)23)10-15(16)19-14(17(20)21)8-7-13-6-4-11(2)24-13/h4-10H,3H2,1-2H3,(H,22,23)/p-1/b8-7+. The first-order valence-electron chi connectivity index (χ1n) is 7.50. The topological polar surface area (TPSA) is 75.0 Å². The fourth-order valence-electron chi connectivity index (χ4n) is 2.52. The lowest BCUT2D eigenvalue weighted by atomic mass is 10.2. The Morgan fingerprint density at radius 1 is 1.29 bits per heavy atom. The van der Waals surface area contributed by atoms with Gasteiger partial charge in [0.2, 0.25) is 0 Å². The molecule has 5 nitrogen and oxygen atoms in total. The smallest absolute Gasteiger partial charge is 0.276 e. The monoisotopic (exact) mass is 339 g/mol. The van der Waals surface area contributed by atoms with Crippen LogP contribution in [0.5, 0.6) is 0 Å². The number of aromatic nitrogens is 2. The molecule has 0 fully saturated rings. The lowest BCUT2D eigenvalue weighted by molar-refractivity contribution is -0.255. The number of carboxylic acid groups (broad SMARTS) is 1. The van der Waals surface area contributed by atoms with Crippen LogP contribution >= 0.6 is 11.3 Å². The largest absolute Gasteiger partial charge is 0.545 e.